The van der Waals surface area contributed by atoms with Crippen LogP contribution in [0.3, 0.4) is 0 Å². The summed E-state index contributed by atoms with van der Waals surface area (Å²) in [5.74, 6) is 0.678. The summed E-state index contributed by atoms with van der Waals surface area (Å²) in [4.78, 5) is 40.1. The van der Waals surface area contributed by atoms with Crippen LogP contribution in [-0.4, -0.2) is 46.4 Å². The van der Waals surface area contributed by atoms with Crippen LogP contribution >= 0.6 is 0 Å². The Balaban J connectivity index is 1.32. The van der Waals surface area contributed by atoms with Crippen LogP contribution in [0, 0.1) is 13.8 Å². The van der Waals surface area contributed by atoms with Gasteiger partial charge < -0.3 is 19.4 Å². The Kier molecular flexibility index (Phi) is 5.59. The molecule has 3 heterocycles. The average Bonchev–Trinajstić information content (AvgIpc) is 3.27. The molecule has 1 saturated heterocycles. The molecule has 0 bridgehead atoms. The van der Waals surface area contributed by atoms with Gasteiger partial charge in [-0.3, -0.25) is 14.5 Å². The molecule has 3 amide bonds. The largest absolute Gasteiger partial charge is 0.486 e. The van der Waals surface area contributed by atoms with Crippen LogP contribution in [0.25, 0.3) is 0 Å². The molecule has 8 nitrogen and oxygen atoms in total. The number of benzene rings is 2. The van der Waals surface area contributed by atoms with Crippen molar-refractivity contribution in [3.63, 3.8) is 0 Å². The molecule has 1 fully saturated rings. The highest BCUT2D eigenvalue weighted by Crippen LogP contribution is 2.32. The van der Waals surface area contributed by atoms with Crippen molar-refractivity contribution in [2.45, 2.75) is 39.0 Å². The monoisotopic (exact) mass is 473 g/mol. The number of ketones is 1. The van der Waals surface area contributed by atoms with Gasteiger partial charge in [0.25, 0.3) is 5.91 Å². The molecule has 35 heavy (non-hydrogen) atoms. The number of carbonyl (C=O) groups excluding carboxylic acids is 3. The Morgan fingerprint density at radius 2 is 1.74 bits per heavy atom. The van der Waals surface area contributed by atoms with Gasteiger partial charge in [-0.1, -0.05) is 42.5 Å². The minimum absolute atomic E-state index is 0.213. The lowest BCUT2D eigenvalue weighted by molar-refractivity contribution is -0.130. The zero-order chi connectivity index (χ0) is 24.7. The Hall–Kier alpha value is -4.07. The van der Waals surface area contributed by atoms with Gasteiger partial charge >= 0.3 is 6.03 Å². The maximum atomic E-state index is 13.2. The van der Waals surface area contributed by atoms with Crippen molar-refractivity contribution in [2.75, 3.05) is 13.2 Å². The van der Waals surface area contributed by atoms with Crippen molar-refractivity contribution < 1.29 is 23.9 Å². The van der Waals surface area contributed by atoms with Crippen LogP contribution in [0.1, 0.15) is 34.2 Å². The number of rotatable bonds is 6. The highest BCUT2D eigenvalue weighted by Gasteiger charge is 2.49. The Bertz CT molecular complexity index is 1320. The number of amides is 3. The minimum atomic E-state index is -1.20. The van der Waals surface area contributed by atoms with E-state index in [2.05, 4.69) is 5.32 Å². The SMILES string of the molecule is Cc1cc(C(=O)CN2C(=O)NC(C)(c3ccccc3)C2=O)c(C)n1CC1COc2ccccc2O1. The number of aromatic nitrogens is 1. The van der Waals surface area contributed by atoms with E-state index in [1.54, 1.807) is 25.1 Å². The highest BCUT2D eigenvalue weighted by atomic mass is 16.6. The van der Waals surface area contributed by atoms with E-state index in [4.69, 9.17) is 9.47 Å². The number of carbonyl (C=O) groups is 3. The first-order chi connectivity index (χ1) is 16.8. The van der Waals surface area contributed by atoms with Gasteiger partial charge in [-0.05, 0) is 44.5 Å². The predicted molar refractivity (Wildman–Crippen MR) is 129 cm³/mol. The predicted octanol–water partition coefficient (Wildman–Crippen LogP) is 3.59. The molecule has 0 spiro atoms. The third kappa shape index (κ3) is 3.95. The normalized spacial score (nSPS) is 21.2. The molecule has 5 rings (SSSR count). The molecule has 0 saturated carbocycles. The number of hydrogen-bond acceptors (Lipinski definition) is 5. The Morgan fingerprint density at radius 3 is 2.49 bits per heavy atom. The number of nitrogens with one attached hydrogen (secondary N) is 1. The Morgan fingerprint density at radius 1 is 1.06 bits per heavy atom. The summed E-state index contributed by atoms with van der Waals surface area (Å²) < 4.78 is 13.9. The van der Waals surface area contributed by atoms with Gasteiger partial charge in [0.15, 0.2) is 23.4 Å². The number of imide groups is 1. The Labute approximate surface area is 203 Å². The van der Waals surface area contributed by atoms with Crippen LogP contribution in [0.2, 0.25) is 0 Å². The first kappa shape index (κ1) is 22.7. The molecule has 2 atom stereocenters. The lowest BCUT2D eigenvalue weighted by Crippen LogP contribution is -2.41. The van der Waals surface area contributed by atoms with Crippen LogP contribution in [0.4, 0.5) is 4.79 Å². The van der Waals surface area contributed by atoms with E-state index in [0.717, 1.165) is 22.0 Å². The second-order valence-electron chi connectivity index (χ2n) is 9.13. The second kappa shape index (κ2) is 8.61. The summed E-state index contributed by atoms with van der Waals surface area (Å²) in [7, 11) is 0. The standard InChI is InChI=1S/C27H27N3O5/c1-17-13-21(18(2)29(17)14-20-16-34-23-11-7-8-12-24(23)35-20)22(31)15-30-25(32)27(3,28-26(30)33)19-9-5-4-6-10-19/h4-13,20H,14-16H2,1-3H3,(H,28,33). The first-order valence-corrected chi connectivity index (χ1v) is 11.6. The van der Waals surface area contributed by atoms with Crippen molar-refractivity contribution in [3.05, 3.63) is 83.2 Å². The van der Waals surface area contributed by atoms with Gasteiger partial charge in [-0.25, -0.2) is 4.79 Å². The second-order valence-corrected chi connectivity index (χ2v) is 9.13. The molecule has 0 aliphatic carbocycles. The van der Waals surface area contributed by atoms with E-state index < -0.39 is 17.5 Å². The third-order valence-electron chi connectivity index (χ3n) is 6.76. The quantitative estimate of drug-likeness (QED) is 0.437. The van der Waals surface area contributed by atoms with E-state index in [9.17, 15) is 14.4 Å². The summed E-state index contributed by atoms with van der Waals surface area (Å²) in [6, 6.07) is 17.8. The molecule has 3 aromatic rings. The van der Waals surface area contributed by atoms with Crippen molar-refractivity contribution in [2.24, 2.45) is 0 Å². The fourth-order valence-corrected chi connectivity index (χ4v) is 4.76. The van der Waals surface area contributed by atoms with E-state index in [1.807, 2.05) is 60.9 Å². The fraction of sp³-hybridized carbons (Fsp3) is 0.296. The third-order valence-corrected chi connectivity index (χ3v) is 6.76. The number of para-hydroxylation sites is 2. The number of fused-ring (bicyclic) bond motifs is 1. The van der Waals surface area contributed by atoms with Crippen molar-refractivity contribution in [1.82, 2.24) is 14.8 Å². The zero-order valence-corrected chi connectivity index (χ0v) is 19.9. The van der Waals surface area contributed by atoms with Gasteiger partial charge in [-0.2, -0.15) is 0 Å². The van der Waals surface area contributed by atoms with Gasteiger partial charge in [0.1, 0.15) is 12.1 Å². The topological polar surface area (TPSA) is 89.9 Å². The lowest BCUT2D eigenvalue weighted by atomic mass is 9.92. The van der Waals surface area contributed by atoms with Crippen LogP contribution in [-0.2, 0) is 16.9 Å². The van der Waals surface area contributed by atoms with E-state index in [0.29, 0.717) is 30.0 Å². The van der Waals surface area contributed by atoms with Crippen molar-refractivity contribution in [1.29, 1.82) is 0 Å². The number of hydrogen-bond donors (Lipinski definition) is 1. The zero-order valence-electron chi connectivity index (χ0n) is 19.9. The number of ether oxygens (including phenoxy) is 2. The summed E-state index contributed by atoms with van der Waals surface area (Å²) in [6.45, 7) is 6.02. The lowest BCUT2D eigenvalue weighted by Gasteiger charge is -2.27. The van der Waals surface area contributed by atoms with Crippen molar-refractivity contribution >= 4 is 17.7 Å². The molecule has 2 unspecified atom stereocenters. The maximum Gasteiger partial charge on any atom is 0.325 e. The first-order valence-electron chi connectivity index (χ1n) is 11.6. The van der Waals surface area contributed by atoms with Gasteiger partial charge in [-0.15, -0.1) is 0 Å². The molecule has 2 aliphatic heterocycles. The van der Waals surface area contributed by atoms with E-state index in [1.165, 1.54) is 0 Å². The van der Waals surface area contributed by atoms with E-state index in [-0.39, 0.29) is 18.4 Å². The summed E-state index contributed by atoms with van der Waals surface area (Å²) in [5.41, 5.74) is 1.59. The van der Waals surface area contributed by atoms with Gasteiger partial charge in [0.2, 0.25) is 0 Å². The molecule has 2 aliphatic rings. The fourth-order valence-electron chi connectivity index (χ4n) is 4.76. The summed E-state index contributed by atoms with van der Waals surface area (Å²) in [6.07, 6.45) is -0.213. The molecular formula is C27H27N3O5. The summed E-state index contributed by atoms with van der Waals surface area (Å²) in [5, 5.41) is 2.75. The van der Waals surface area contributed by atoms with Crippen molar-refractivity contribution in [3.8, 4) is 11.5 Å². The average molecular weight is 474 g/mol. The number of aryl methyl sites for hydroxylation is 1. The summed E-state index contributed by atoms with van der Waals surface area (Å²) >= 11 is 0. The molecule has 1 N–H and O–H groups in total. The number of Topliss-reactive ketones (excluding diaryl/α,β-unsaturated/α-hetero) is 1. The molecule has 2 aromatic carbocycles. The van der Waals surface area contributed by atoms with E-state index >= 15 is 0 Å². The maximum absolute atomic E-state index is 13.2. The molecule has 0 radical (unpaired) electrons. The van der Waals surface area contributed by atoms with Crippen LogP contribution in [0.5, 0.6) is 11.5 Å². The number of urea groups is 1. The highest BCUT2D eigenvalue weighted by molar-refractivity contribution is 6.11. The molecule has 8 heteroatoms. The molecule has 1 aromatic heterocycles. The van der Waals surface area contributed by atoms with Gasteiger partial charge in [0.05, 0.1) is 13.1 Å². The number of nitrogens with zero attached hydrogens (tertiary/aromatic N) is 2. The molecular weight excluding hydrogens is 446 g/mol. The smallest absolute Gasteiger partial charge is 0.325 e. The van der Waals surface area contributed by atoms with Crippen LogP contribution in [0.15, 0.2) is 60.7 Å². The van der Waals surface area contributed by atoms with Crippen LogP contribution < -0.4 is 14.8 Å². The molecule has 180 valence electrons. The van der Waals surface area contributed by atoms with Gasteiger partial charge in [0, 0.05) is 17.0 Å². The minimum Gasteiger partial charge on any atom is -0.486 e.